The van der Waals surface area contributed by atoms with E-state index in [2.05, 4.69) is 0 Å². The van der Waals surface area contributed by atoms with Crippen LogP contribution in [-0.2, 0) is 9.47 Å². The summed E-state index contributed by atoms with van der Waals surface area (Å²) in [6.45, 7) is 1.16. The van der Waals surface area contributed by atoms with Crippen molar-refractivity contribution in [2.75, 3.05) is 19.8 Å². The van der Waals surface area contributed by atoms with Gasteiger partial charge >= 0.3 is 0 Å². The van der Waals surface area contributed by atoms with Gasteiger partial charge in [0, 0.05) is 5.92 Å². The van der Waals surface area contributed by atoms with Gasteiger partial charge in [0.1, 0.15) is 6.10 Å². The van der Waals surface area contributed by atoms with Gasteiger partial charge in [0.05, 0.1) is 32.0 Å². The van der Waals surface area contributed by atoms with Crippen LogP contribution < -0.4 is 0 Å². The molecule has 0 amide bonds. The number of aliphatic hydroxyl groups is 2. The van der Waals surface area contributed by atoms with Crippen molar-refractivity contribution in [2.45, 2.75) is 18.3 Å². The third kappa shape index (κ3) is 1.16. The summed E-state index contributed by atoms with van der Waals surface area (Å²) < 4.78 is 10.3. The molecule has 0 saturated carbocycles. The number of aliphatic hydroxyl groups excluding tert-OH is 2. The van der Waals surface area contributed by atoms with E-state index in [-0.39, 0.29) is 12.0 Å². The molecule has 0 aromatic carbocycles. The lowest BCUT2D eigenvalue weighted by Crippen LogP contribution is -2.44. The minimum Gasteiger partial charge on any atom is -0.390 e. The van der Waals surface area contributed by atoms with Crippen LogP contribution in [0, 0.1) is 5.92 Å². The third-order valence-electron chi connectivity index (χ3n) is 2.35. The van der Waals surface area contributed by atoms with Gasteiger partial charge in [-0.15, -0.1) is 0 Å². The van der Waals surface area contributed by atoms with Crippen LogP contribution in [0.25, 0.3) is 0 Å². The molecule has 0 bridgehead atoms. The molecule has 64 valence electrons. The highest BCUT2D eigenvalue weighted by atomic mass is 16.5. The molecule has 11 heavy (non-hydrogen) atoms. The average Bonchev–Trinajstić information content (AvgIpc) is 2.35. The number of ether oxygens (including phenoxy) is 2. The fraction of sp³-hybridized carbons (Fsp3) is 1.00. The molecule has 2 aliphatic heterocycles. The largest absolute Gasteiger partial charge is 0.390 e. The van der Waals surface area contributed by atoms with Crippen LogP contribution in [0.1, 0.15) is 0 Å². The highest BCUT2D eigenvalue weighted by Gasteiger charge is 2.43. The molecular weight excluding hydrogens is 148 g/mol. The second kappa shape index (κ2) is 2.71. The lowest BCUT2D eigenvalue weighted by molar-refractivity contribution is -0.113. The molecule has 2 rings (SSSR count). The van der Waals surface area contributed by atoms with Crippen molar-refractivity contribution >= 4 is 0 Å². The monoisotopic (exact) mass is 160 g/mol. The van der Waals surface area contributed by atoms with E-state index in [9.17, 15) is 10.2 Å². The maximum absolute atomic E-state index is 9.34. The summed E-state index contributed by atoms with van der Waals surface area (Å²) in [5.41, 5.74) is 0. The van der Waals surface area contributed by atoms with E-state index >= 15 is 0 Å². The number of rotatable bonds is 0. The first-order valence-electron chi connectivity index (χ1n) is 3.84. The van der Waals surface area contributed by atoms with E-state index < -0.39 is 12.2 Å². The van der Waals surface area contributed by atoms with Crippen molar-refractivity contribution in [3.8, 4) is 0 Å². The van der Waals surface area contributed by atoms with Gasteiger partial charge in [-0.3, -0.25) is 0 Å². The van der Waals surface area contributed by atoms with Gasteiger partial charge in [0.15, 0.2) is 0 Å². The zero-order valence-electron chi connectivity index (χ0n) is 6.14. The van der Waals surface area contributed by atoms with Crippen LogP contribution in [0.15, 0.2) is 0 Å². The molecule has 0 spiro atoms. The quantitative estimate of drug-likeness (QED) is 0.465. The molecule has 2 saturated heterocycles. The Morgan fingerprint density at radius 1 is 1.00 bits per heavy atom. The molecule has 4 nitrogen and oxygen atoms in total. The minimum atomic E-state index is -0.564. The third-order valence-corrected chi connectivity index (χ3v) is 2.35. The van der Waals surface area contributed by atoms with Gasteiger partial charge in [-0.2, -0.15) is 0 Å². The van der Waals surface area contributed by atoms with E-state index in [0.717, 1.165) is 0 Å². The van der Waals surface area contributed by atoms with Crippen LogP contribution in [0.4, 0.5) is 0 Å². The molecule has 4 heteroatoms. The molecular formula is C7H12O4. The Kier molecular flexibility index (Phi) is 1.85. The Balaban J connectivity index is 2.07. The van der Waals surface area contributed by atoms with Crippen molar-refractivity contribution in [2.24, 2.45) is 5.92 Å². The fourth-order valence-electron chi connectivity index (χ4n) is 1.70. The molecule has 2 N–H and O–H groups in total. The molecule has 0 aliphatic carbocycles. The first-order valence-corrected chi connectivity index (χ1v) is 3.84. The second-order valence-electron chi connectivity index (χ2n) is 3.13. The van der Waals surface area contributed by atoms with E-state index in [4.69, 9.17) is 9.47 Å². The van der Waals surface area contributed by atoms with Gasteiger partial charge in [-0.25, -0.2) is 0 Å². The highest BCUT2D eigenvalue weighted by Crippen LogP contribution is 2.27. The molecule has 2 heterocycles. The summed E-state index contributed by atoms with van der Waals surface area (Å²) >= 11 is 0. The number of hydrogen-bond acceptors (Lipinski definition) is 4. The Morgan fingerprint density at radius 2 is 1.82 bits per heavy atom. The molecule has 0 radical (unpaired) electrons. The van der Waals surface area contributed by atoms with Gasteiger partial charge in [0.2, 0.25) is 0 Å². The average molecular weight is 160 g/mol. The van der Waals surface area contributed by atoms with Crippen LogP contribution in [0.3, 0.4) is 0 Å². The lowest BCUT2D eigenvalue weighted by Gasteiger charge is -2.29. The Morgan fingerprint density at radius 3 is 2.55 bits per heavy atom. The first kappa shape index (κ1) is 7.49. The molecule has 4 atom stereocenters. The molecule has 2 fully saturated rings. The maximum Gasteiger partial charge on any atom is 0.104 e. The Bertz CT molecular complexity index is 147. The first-order chi connectivity index (χ1) is 5.29. The Labute approximate surface area is 64.7 Å². The summed E-state index contributed by atoms with van der Waals surface area (Å²) in [5, 5.41) is 18.7. The van der Waals surface area contributed by atoms with Crippen molar-refractivity contribution in [3.63, 3.8) is 0 Å². The summed E-state index contributed by atoms with van der Waals surface area (Å²) in [5.74, 6) is -0.0289. The summed E-state index contributed by atoms with van der Waals surface area (Å²) in [4.78, 5) is 0. The van der Waals surface area contributed by atoms with E-state index in [1.165, 1.54) is 0 Å². The second-order valence-corrected chi connectivity index (χ2v) is 3.13. The topological polar surface area (TPSA) is 58.9 Å². The van der Waals surface area contributed by atoms with Crippen molar-refractivity contribution in [1.29, 1.82) is 0 Å². The zero-order valence-corrected chi connectivity index (χ0v) is 6.14. The standard InChI is InChI=1S/C7H12O4/c8-5-3-11-7-4(5)1-10-2-6(7)9/h4-9H,1-3H2. The van der Waals surface area contributed by atoms with Crippen LogP contribution in [-0.4, -0.2) is 48.3 Å². The van der Waals surface area contributed by atoms with Gasteiger partial charge in [-0.05, 0) is 0 Å². The van der Waals surface area contributed by atoms with E-state index in [1.54, 1.807) is 0 Å². The van der Waals surface area contributed by atoms with Crippen LogP contribution in [0.5, 0.6) is 0 Å². The predicted molar refractivity (Wildman–Crippen MR) is 36.1 cm³/mol. The normalized spacial score (nSPS) is 50.7. The number of fused-ring (bicyclic) bond motifs is 1. The lowest BCUT2D eigenvalue weighted by atomic mass is 9.94. The van der Waals surface area contributed by atoms with Crippen LogP contribution >= 0.6 is 0 Å². The maximum atomic E-state index is 9.34. The predicted octanol–water partition coefficient (Wildman–Crippen LogP) is -1.25. The van der Waals surface area contributed by atoms with Crippen LogP contribution in [0.2, 0.25) is 0 Å². The van der Waals surface area contributed by atoms with Crippen molar-refractivity contribution in [1.82, 2.24) is 0 Å². The van der Waals surface area contributed by atoms with E-state index in [1.807, 2.05) is 0 Å². The summed E-state index contributed by atoms with van der Waals surface area (Å²) in [6, 6.07) is 0. The molecule has 0 aromatic rings. The van der Waals surface area contributed by atoms with E-state index in [0.29, 0.717) is 19.8 Å². The summed E-state index contributed by atoms with van der Waals surface area (Å²) in [7, 11) is 0. The minimum absolute atomic E-state index is 0.0289. The molecule has 4 unspecified atom stereocenters. The zero-order chi connectivity index (χ0) is 7.84. The fourth-order valence-corrected chi connectivity index (χ4v) is 1.70. The highest BCUT2D eigenvalue weighted by molar-refractivity contribution is 4.90. The van der Waals surface area contributed by atoms with Gasteiger partial charge in [0.25, 0.3) is 0 Å². The van der Waals surface area contributed by atoms with Gasteiger partial charge in [-0.1, -0.05) is 0 Å². The van der Waals surface area contributed by atoms with Gasteiger partial charge < -0.3 is 19.7 Å². The number of hydrogen-bond donors (Lipinski definition) is 2. The van der Waals surface area contributed by atoms with Crippen molar-refractivity contribution < 1.29 is 19.7 Å². The summed E-state index contributed by atoms with van der Waals surface area (Å²) in [6.07, 6.45) is -1.24. The Hall–Kier alpha value is -0.160. The molecule has 0 aromatic heterocycles. The van der Waals surface area contributed by atoms with Crippen molar-refractivity contribution in [3.05, 3.63) is 0 Å². The smallest absolute Gasteiger partial charge is 0.104 e. The molecule has 2 aliphatic rings. The SMILES string of the molecule is OC1COC2C(O)COCC12.